The van der Waals surface area contributed by atoms with Crippen LogP contribution in [0.4, 0.5) is 16.2 Å². The van der Waals surface area contributed by atoms with Crippen molar-refractivity contribution >= 4 is 35.2 Å². The lowest BCUT2D eigenvalue weighted by Crippen LogP contribution is -2.60. The molecule has 0 saturated carbocycles. The Labute approximate surface area is 185 Å². The molecule has 4 N–H and O–H groups in total. The molecule has 2 atom stereocenters. The Morgan fingerprint density at radius 1 is 1.06 bits per heavy atom. The number of nitrogens with one attached hydrogen (secondary N) is 3. The van der Waals surface area contributed by atoms with Gasteiger partial charge in [0, 0.05) is 6.42 Å². The van der Waals surface area contributed by atoms with Crippen LogP contribution in [0.5, 0.6) is 0 Å². The minimum Gasteiger partial charge on any atom is -0.480 e. The molecule has 1 aliphatic rings. The van der Waals surface area contributed by atoms with Crippen LogP contribution in [0.1, 0.15) is 19.4 Å². The minimum absolute atomic E-state index is 0.159. The monoisotopic (exact) mass is 438 g/mol. The fourth-order valence-electron chi connectivity index (χ4n) is 3.66. The normalized spacial score (nSPS) is 16.0. The number of aliphatic carboxylic acids is 1. The molecule has 0 unspecified atom stereocenters. The number of carbonyl (C=O) groups is 4. The Morgan fingerprint density at radius 2 is 1.72 bits per heavy atom. The van der Waals surface area contributed by atoms with Crippen molar-refractivity contribution in [1.82, 2.24) is 10.6 Å². The third-order valence-corrected chi connectivity index (χ3v) is 5.13. The summed E-state index contributed by atoms with van der Waals surface area (Å²) in [4.78, 5) is 51.1. The number of rotatable bonds is 7. The minimum atomic E-state index is -1.19. The number of carboxylic acid groups (broad SMARTS) is 1. The van der Waals surface area contributed by atoms with E-state index < -0.39 is 36.5 Å². The highest BCUT2D eigenvalue weighted by atomic mass is 16.4. The number of anilines is 2. The van der Waals surface area contributed by atoms with Crippen molar-refractivity contribution in [2.45, 2.75) is 32.4 Å². The van der Waals surface area contributed by atoms with Crippen molar-refractivity contribution in [1.29, 1.82) is 0 Å². The van der Waals surface area contributed by atoms with E-state index in [0.29, 0.717) is 11.4 Å². The van der Waals surface area contributed by atoms with Crippen molar-refractivity contribution < 1.29 is 24.3 Å². The van der Waals surface area contributed by atoms with Crippen LogP contribution in [0, 0.1) is 5.92 Å². The summed E-state index contributed by atoms with van der Waals surface area (Å²) in [6, 6.07) is 13.6. The highest BCUT2D eigenvalue weighted by molar-refractivity contribution is 6.12. The number of carboxylic acids is 1. The molecule has 0 aliphatic carbocycles. The van der Waals surface area contributed by atoms with Gasteiger partial charge in [-0.25, -0.2) is 4.79 Å². The van der Waals surface area contributed by atoms with E-state index in [9.17, 15) is 19.2 Å². The fraction of sp³-hybridized carbons (Fsp3) is 0.304. The fourth-order valence-corrected chi connectivity index (χ4v) is 3.66. The highest BCUT2D eigenvalue weighted by Gasteiger charge is 2.39. The van der Waals surface area contributed by atoms with Gasteiger partial charge in [0.25, 0.3) is 0 Å². The van der Waals surface area contributed by atoms with Gasteiger partial charge in [-0.05, 0) is 23.6 Å². The van der Waals surface area contributed by atoms with Crippen LogP contribution >= 0.6 is 0 Å². The van der Waals surface area contributed by atoms with Gasteiger partial charge in [-0.3, -0.25) is 19.3 Å². The number of carbonyl (C=O) groups excluding carboxylic acids is 3. The summed E-state index contributed by atoms with van der Waals surface area (Å²) >= 11 is 0. The molecule has 1 heterocycles. The maximum absolute atomic E-state index is 13.4. The molecule has 168 valence electrons. The third-order valence-electron chi connectivity index (χ3n) is 5.13. The summed E-state index contributed by atoms with van der Waals surface area (Å²) in [6.45, 7) is 3.10. The average Bonchev–Trinajstić information content (AvgIpc) is 2.76. The van der Waals surface area contributed by atoms with Gasteiger partial charge in [-0.1, -0.05) is 56.3 Å². The third kappa shape index (κ3) is 5.23. The van der Waals surface area contributed by atoms with Gasteiger partial charge in [0.05, 0.1) is 11.4 Å². The summed E-state index contributed by atoms with van der Waals surface area (Å²) in [7, 11) is 0. The number of benzene rings is 2. The second-order valence-electron chi connectivity index (χ2n) is 7.87. The molecule has 0 fully saturated rings. The van der Waals surface area contributed by atoms with Crippen molar-refractivity contribution in [3.63, 3.8) is 0 Å². The summed E-state index contributed by atoms with van der Waals surface area (Å²) in [5.41, 5.74) is 1.81. The summed E-state index contributed by atoms with van der Waals surface area (Å²) in [5.74, 6) is -2.32. The maximum atomic E-state index is 13.4. The highest BCUT2D eigenvalue weighted by Crippen LogP contribution is 2.34. The molecule has 2 aromatic carbocycles. The summed E-state index contributed by atoms with van der Waals surface area (Å²) in [5, 5.41) is 16.7. The van der Waals surface area contributed by atoms with Crippen molar-refractivity contribution in [3.05, 3.63) is 60.2 Å². The van der Waals surface area contributed by atoms with Gasteiger partial charge < -0.3 is 21.1 Å². The van der Waals surface area contributed by atoms with E-state index in [1.807, 2.05) is 44.2 Å². The Bertz CT molecular complexity index is 1010. The maximum Gasteiger partial charge on any atom is 0.323 e. The largest absolute Gasteiger partial charge is 0.480 e. The second-order valence-corrected chi connectivity index (χ2v) is 7.87. The Kier molecular flexibility index (Phi) is 7.09. The molecule has 0 aromatic heterocycles. The zero-order chi connectivity index (χ0) is 23.3. The molecule has 9 heteroatoms. The predicted octanol–water partition coefficient (Wildman–Crippen LogP) is 1.99. The van der Waals surface area contributed by atoms with Crippen molar-refractivity contribution in [2.24, 2.45) is 5.92 Å². The Hall–Kier alpha value is -3.88. The van der Waals surface area contributed by atoms with E-state index in [2.05, 4.69) is 16.0 Å². The topological polar surface area (TPSA) is 128 Å². The van der Waals surface area contributed by atoms with Crippen LogP contribution in [-0.2, 0) is 20.8 Å². The quantitative estimate of drug-likeness (QED) is 0.526. The smallest absolute Gasteiger partial charge is 0.323 e. The first-order chi connectivity index (χ1) is 15.3. The van der Waals surface area contributed by atoms with Gasteiger partial charge in [0.2, 0.25) is 11.8 Å². The first-order valence-corrected chi connectivity index (χ1v) is 10.3. The molecule has 2 aromatic rings. The van der Waals surface area contributed by atoms with E-state index in [1.54, 1.807) is 24.3 Å². The molecule has 0 spiro atoms. The van der Waals surface area contributed by atoms with Crippen LogP contribution in [-0.4, -0.2) is 47.5 Å². The molecular formula is C23H26N4O5. The summed E-state index contributed by atoms with van der Waals surface area (Å²) < 4.78 is 0. The molecule has 1 aliphatic heterocycles. The molecule has 3 rings (SSSR count). The number of hydrogen-bond donors (Lipinski definition) is 4. The van der Waals surface area contributed by atoms with E-state index in [-0.39, 0.29) is 18.2 Å². The van der Waals surface area contributed by atoms with Crippen LogP contribution in [0.2, 0.25) is 0 Å². The van der Waals surface area contributed by atoms with Crippen LogP contribution in [0.3, 0.4) is 0 Å². The first-order valence-electron chi connectivity index (χ1n) is 10.3. The summed E-state index contributed by atoms with van der Waals surface area (Å²) in [6.07, 6.45) is 0.159. The molecule has 0 saturated heterocycles. The zero-order valence-corrected chi connectivity index (χ0v) is 17.9. The number of amides is 4. The molecule has 32 heavy (non-hydrogen) atoms. The standard InChI is InChI=1S/C23H26N4O5/c1-14(2)20-22(31)25-16-10-6-7-11-18(16)27(20)23(32)26-17(21(30)24-13-19(28)29)12-15-8-4-3-5-9-15/h3-11,14,17,20H,12-13H2,1-2H3,(H,24,30)(H,25,31)(H,26,32)(H,28,29)/t17-,20-/m1/s1. The lowest BCUT2D eigenvalue weighted by atomic mass is 9.98. The average molecular weight is 438 g/mol. The van der Waals surface area contributed by atoms with Crippen molar-refractivity contribution in [2.75, 3.05) is 16.8 Å². The van der Waals surface area contributed by atoms with E-state index >= 15 is 0 Å². The van der Waals surface area contributed by atoms with Crippen LogP contribution in [0.25, 0.3) is 0 Å². The second kappa shape index (κ2) is 9.95. The molecule has 9 nitrogen and oxygen atoms in total. The number of hydrogen-bond acceptors (Lipinski definition) is 4. The van der Waals surface area contributed by atoms with Gasteiger partial charge >= 0.3 is 12.0 Å². The van der Waals surface area contributed by atoms with Gasteiger partial charge in [0.1, 0.15) is 18.6 Å². The molecular weight excluding hydrogens is 412 g/mol. The number of urea groups is 1. The number of para-hydroxylation sites is 2. The predicted molar refractivity (Wildman–Crippen MR) is 119 cm³/mol. The number of nitrogens with zero attached hydrogens (tertiary/aromatic N) is 1. The molecule has 4 amide bonds. The van der Waals surface area contributed by atoms with Crippen LogP contribution < -0.4 is 20.9 Å². The van der Waals surface area contributed by atoms with Gasteiger partial charge in [-0.2, -0.15) is 0 Å². The Morgan fingerprint density at radius 3 is 2.38 bits per heavy atom. The van der Waals surface area contributed by atoms with E-state index in [4.69, 9.17) is 5.11 Å². The van der Waals surface area contributed by atoms with E-state index in [0.717, 1.165) is 5.56 Å². The Balaban J connectivity index is 1.90. The van der Waals surface area contributed by atoms with E-state index in [1.165, 1.54) is 4.90 Å². The lowest BCUT2D eigenvalue weighted by Gasteiger charge is -2.39. The zero-order valence-electron chi connectivity index (χ0n) is 17.9. The van der Waals surface area contributed by atoms with Crippen molar-refractivity contribution in [3.8, 4) is 0 Å². The lowest BCUT2D eigenvalue weighted by molar-refractivity contribution is -0.138. The van der Waals surface area contributed by atoms with Gasteiger partial charge in [0.15, 0.2) is 0 Å². The molecule has 0 radical (unpaired) electrons. The van der Waals surface area contributed by atoms with Gasteiger partial charge in [-0.15, -0.1) is 0 Å². The van der Waals surface area contributed by atoms with Crippen LogP contribution in [0.15, 0.2) is 54.6 Å². The first kappa shape index (κ1) is 22.8. The molecule has 0 bridgehead atoms. The number of fused-ring (bicyclic) bond motifs is 1. The SMILES string of the molecule is CC(C)[C@@H]1C(=O)Nc2ccccc2N1C(=O)N[C@H](Cc1ccccc1)C(=O)NCC(=O)O.